The molecular weight excluding hydrogens is 714 g/mol. The van der Waals surface area contributed by atoms with Crippen LogP contribution in [0.25, 0.3) is 28.0 Å². The summed E-state index contributed by atoms with van der Waals surface area (Å²) >= 11 is 0. The molecule has 0 atom stereocenters. The van der Waals surface area contributed by atoms with Crippen LogP contribution in [0.3, 0.4) is 0 Å². The molecule has 2 aliphatic rings. The van der Waals surface area contributed by atoms with E-state index < -0.39 is 10.1 Å². The zero-order chi connectivity index (χ0) is 32.9. The van der Waals surface area contributed by atoms with Crippen LogP contribution in [0.4, 0.5) is 11.4 Å². The molecule has 47 heavy (non-hydrogen) atoms. The second kappa shape index (κ2) is 19.5. The standard InChI is InChI=1S/C26H36NP.C12H10N.CH4O3S.Pd/c1-27(2)25-19-11-9-17-23(25)24-18-10-12-20-26(24)28(21-13-5-3-6-14-21)22-15-7-4-8-16-22;13-12-9-5-4-8-11(12)10-6-2-1-3-7-10;1-5(2,3)4;/h9-12,17-22H,3-8,13-16H2,1-2H3;1-9,13H;1H3,(H,2,3,4);/q;-1;;+2/p-1. The Bertz CT molecular complexity index is 1580. The Balaban J connectivity index is 0.000000262. The molecule has 0 radical (unpaired) electrons. The van der Waals surface area contributed by atoms with Gasteiger partial charge in [-0.25, -0.2) is 8.42 Å². The molecule has 4 aromatic rings. The van der Waals surface area contributed by atoms with Gasteiger partial charge in [0, 0.05) is 31.6 Å². The Morgan fingerprint density at radius 3 is 1.57 bits per heavy atom. The molecule has 0 aliphatic heterocycles. The van der Waals surface area contributed by atoms with E-state index in [0.29, 0.717) is 11.9 Å². The fourth-order valence-electron chi connectivity index (χ4n) is 6.78. The zero-order valence-electron chi connectivity index (χ0n) is 27.9. The second-order valence-corrected chi connectivity index (χ2v) is 16.7. The minimum Gasteiger partial charge on any atom is -0.748 e. The number of benzene rings is 4. The van der Waals surface area contributed by atoms with E-state index in [2.05, 4.69) is 67.5 Å². The van der Waals surface area contributed by atoms with Crippen LogP contribution in [0.5, 0.6) is 0 Å². The molecule has 6 rings (SSSR count). The molecule has 5 nitrogen and oxygen atoms in total. The Morgan fingerprint density at radius 1 is 0.638 bits per heavy atom. The maximum Gasteiger partial charge on any atom is 2.00 e. The summed E-state index contributed by atoms with van der Waals surface area (Å²) < 4.78 is 27.2. The van der Waals surface area contributed by atoms with Crippen LogP contribution in [0.15, 0.2) is 103 Å². The van der Waals surface area contributed by atoms with Gasteiger partial charge in [0.15, 0.2) is 0 Å². The van der Waals surface area contributed by atoms with Crippen molar-refractivity contribution in [3.05, 3.63) is 109 Å². The van der Waals surface area contributed by atoms with Crippen LogP contribution in [0, 0.1) is 0 Å². The molecule has 254 valence electrons. The summed E-state index contributed by atoms with van der Waals surface area (Å²) in [5.41, 5.74) is 16.5. The van der Waals surface area contributed by atoms with E-state index in [1.54, 1.807) is 5.30 Å². The number of nitrogens with one attached hydrogen (secondary N) is 1. The Kier molecular flexibility index (Phi) is 16.1. The van der Waals surface area contributed by atoms with Gasteiger partial charge < -0.3 is 15.2 Å². The summed E-state index contributed by atoms with van der Waals surface area (Å²) in [5, 5.41) is 1.70. The van der Waals surface area contributed by atoms with Crippen LogP contribution in [0.2, 0.25) is 0 Å². The van der Waals surface area contributed by atoms with Gasteiger partial charge in [0.05, 0.1) is 10.1 Å². The van der Waals surface area contributed by atoms with Crippen molar-refractivity contribution >= 4 is 34.7 Å². The summed E-state index contributed by atoms with van der Waals surface area (Å²) in [7, 11) is 0.343. The van der Waals surface area contributed by atoms with Crippen LogP contribution in [0.1, 0.15) is 64.2 Å². The molecule has 8 heteroatoms. The molecule has 0 bridgehead atoms. The van der Waals surface area contributed by atoms with Crippen molar-refractivity contribution in [2.24, 2.45) is 0 Å². The maximum absolute atomic E-state index is 9.08. The van der Waals surface area contributed by atoms with Gasteiger partial charge in [-0.3, -0.25) is 0 Å². The van der Waals surface area contributed by atoms with Crippen molar-refractivity contribution in [3.8, 4) is 22.3 Å². The van der Waals surface area contributed by atoms with Gasteiger partial charge in [-0.15, -0.1) is 5.69 Å². The number of para-hydroxylation sites is 1. The smallest absolute Gasteiger partial charge is 0.748 e. The molecule has 0 aromatic heterocycles. The third-order valence-corrected chi connectivity index (χ3v) is 12.4. The van der Waals surface area contributed by atoms with E-state index in [-0.39, 0.29) is 28.3 Å². The summed E-state index contributed by atoms with van der Waals surface area (Å²) in [6, 6.07) is 36.1. The number of rotatable bonds is 6. The quantitative estimate of drug-likeness (QED) is 0.111. The average molecular weight is 763 g/mol. The van der Waals surface area contributed by atoms with E-state index in [9.17, 15) is 0 Å². The number of nitrogens with zero attached hydrogens (tertiary/aromatic N) is 1. The van der Waals surface area contributed by atoms with Gasteiger partial charge in [0.2, 0.25) is 0 Å². The van der Waals surface area contributed by atoms with Crippen molar-refractivity contribution in [1.82, 2.24) is 0 Å². The van der Waals surface area contributed by atoms with Crippen LogP contribution >= 0.6 is 7.92 Å². The van der Waals surface area contributed by atoms with Gasteiger partial charge in [-0.1, -0.05) is 144 Å². The number of hydrogen-bond donors (Lipinski definition) is 0. The van der Waals surface area contributed by atoms with Crippen molar-refractivity contribution < 1.29 is 33.4 Å². The first kappa shape index (κ1) is 38.9. The monoisotopic (exact) mass is 762 g/mol. The van der Waals surface area contributed by atoms with Crippen molar-refractivity contribution in [3.63, 3.8) is 0 Å². The molecule has 0 heterocycles. The van der Waals surface area contributed by atoms with Gasteiger partial charge in [0.1, 0.15) is 0 Å². The summed E-state index contributed by atoms with van der Waals surface area (Å²) in [4.78, 5) is 2.27. The molecule has 1 N–H and O–H groups in total. The van der Waals surface area contributed by atoms with Crippen LogP contribution < -0.4 is 10.2 Å². The first-order valence-electron chi connectivity index (χ1n) is 16.5. The Morgan fingerprint density at radius 2 is 1.06 bits per heavy atom. The summed E-state index contributed by atoms with van der Waals surface area (Å²) in [6.45, 7) is 0. The van der Waals surface area contributed by atoms with E-state index in [0.717, 1.165) is 22.4 Å². The molecule has 0 unspecified atom stereocenters. The van der Waals surface area contributed by atoms with Crippen molar-refractivity contribution in [2.75, 3.05) is 25.3 Å². The molecule has 2 saturated carbocycles. The van der Waals surface area contributed by atoms with Gasteiger partial charge in [0.25, 0.3) is 0 Å². The van der Waals surface area contributed by atoms with E-state index in [1.165, 1.54) is 81.0 Å². The number of hydrogen-bond acceptors (Lipinski definition) is 4. The fraction of sp³-hybridized carbons (Fsp3) is 0.385. The molecule has 4 aromatic carbocycles. The Labute approximate surface area is 298 Å². The number of anilines is 1. The topological polar surface area (TPSA) is 84.2 Å². The maximum atomic E-state index is 9.08. The minimum atomic E-state index is -3.92. The Hall–Kier alpha value is -2.52. The van der Waals surface area contributed by atoms with E-state index in [1.807, 2.05) is 54.6 Å². The average Bonchev–Trinajstić information content (AvgIpc) is 3.06. The normalized spacial score (nSPS) is 15.3. The van der Waals surface area contributed by atoms with Crippen molar-refractivity contribution in [2.45, 2.75) is 75.5 Å². The van der Waals surface area contributed by atoms with Crippen LogP contribution in [-0.4, -0.2) is 44.6 Å². The first-order chi connectivity index (χ1) is 22.1. The SMILES string of the molecule is CN(C)c1ccccc1-c1ccccc1P(C1CCCCC1)C1CCCCC1.CS(=O)(=O)[O-].[NH-]c1ccccc1-c1ccccc1.[Pd+2]. The summed E-state index contributed by atoms with van der Waals surface area (Å²) in [6.07, 6.45) is 15.2. The first-order valence-corrected chi connectivity index (χ1v) is 19.8. The largest absolute Gasteiger partial charge is 2.00 e. The van der Waals surface area contributed by atoms with Gasteiger partial charge in [-0.2, -0.15) is 0 Å². The minimum absolute atomic E-state index is 0. The molecule has 0 spiro atoms. The van der Waals surface area contributed by atoms with Crippen LogP contribution in [-0.2, 0) is 30.5 Å². The fourth-order valence-corrected chi connectivity index (χ4v) is 10.7. The molecule has 0 saturated heterocycles. The molecule has 0 amide bonds. The van der Waals surface area contributed by atoms with Crippen molar-refractivity contribution in [1.29, 1.82) is 0 Å². The second-order valence-electron chi connectivity index (χ2n) is 12.5. The molecular formula is C39H49N2O3PPdS. The zero-order valence-corrected chi connectivity index (χ0v) is 31.1. The molecule has 2 aliphatic carbocycles. The predicted octanol–water partition coefficient (Wildman–Crippen LogP) is 10.4. The predicted molar refractivity (Wildman–Crippen MR) is 198 cm³/mol. The third-order valence-electron chi connectivity index (χ3n) is 8.81. The third kappa shape index (κ3) is 12.1. The summed E-state index contributed by atoms with van der Waals surface area (Å²) in [5.74, 6) is 0. The van der Waals surface area contributed by atoms with Gasteiger partial charge in [-0.05, 0) is 65.1 Å². The van der Waals surface area contributed by atoms with E-state index >= 15 is 0 Å². The molecule has 2 fully saturated rings. The van der Waals surface area contributed by atoms with Gasteiger partial charge >= 0.3 is 20.4 Å². The van der Waals surface area contributed by atoms with E-state index in [4.69, 9.17) is 18.7 Å².